The monoisotopic (exact) mass is 265 g/mol. The fourth-order valence-corrected chi connectivity index (χ4v) is 1.86. The van der Waals surface area contributed by atoms with Gasteiger partial charge < -0.3 is 5.32 Å². The standard InChI is InChI=1S/C10H12ClN7/c1-5(9-15-17-18-16-9)12-8-4-7(11)13-10(14-8)6-2-3-6/h4-6H,2-3H2,1H3,(H,12,13,14)(H,15,16,17,18). The molecule has 0 aromatic carbocycles. The van der Waals surface area contributed by atoms with Gasteiger partial charge in [-0.25, -0.2) is 9.97 Å². The Morgan fingerprint density at radius 3 is 2.94 bits per heavy atom. The van der Waals surface area contributed by atoms with Crippen LogP contribution >= 0.6 is 11.6 Å². The van der Waals surface area contributed by atoms with Crippen molar-refractivity contribution in [1.82, 2.24) is 30.6 Å². The molecular weight excluding hydrogens is 254 g/mol. The summed E-state index contributed by atoms with van der Waals surface area (Å²) < 4.78 is 0. The quantitative estimate of drug-likeness (QED) is 0.818. The highest BCUT2D eigenvalue weighted by molar-refractivity contribution is 6.29. The van der Waals surface area contributed by atoms with Gasteiger partial charge in [0, 0.05) is 12.0 Å². The van der Waals surface area contributed by atoms with E-state index in [-0.39, 0.29) is 6.04 Å². The second-order valence-corrected chi connectivity index (χ2v) is 4.73. The fraction of sp³-hybridized carbons (Fsp3) is 0.500. The summed E-state index contributed by atoms with van der Waals surface area (Å²) in [5, 5.41) is 17.4. The molecule has 0 spiro atoms. The van der Waals surface area contributed by atoms with Crippen LogP contribution in [0.25, 0.3) is 0 Å². The zero-order valence-electron chi connectivity index (χ0n) is 9.76. The lowest BCUT2D eigenvalue weighted by atomic mass is 10.3. The number of H-pyrrole nitrogens is 1. The molecule has 1 unspecified atom stereocenters. The number of hydrogen-bond acceptors (Lipinski definition) is 6. The van der Waals surface area contributed by atoms with Crippen LogP contribution in [0.5, 0.6) is 0 Å². The molecule has 18 heavy (non-hydrogen) atoms. The highest BCUT2D eigenvalue weighted by Crippen LogP contribution is 2.38. The lowest BCUT2D eigenvalue weighted by molar-refractivity contribution is 0.782. The Morgan fingerprint density at radius 1 is 1.44 bits per heavy atom. The highest BCUT2D eigenvalue weighted by Gasteiger charge is 2.27. The molecule has 1 aliphatic carbocycles. The van der Waals surface area contributed by atoms with Crippen LogP contribution in [0.1, 0.15) is 43.4 Å². The van der Waals surface area contributed by atoms with E-state index in [9.17, 15) is 0 Å². The van der Waals surface area contributed by atoms with Gasteiger partial charge in [-0.05, 0) is 19.8 Å². The Morgan fingerprint density at radius 2 is 2.28 bits per heavy atom. The average Bonchev–Trinajstić information content (AvgIpc) is 3.03. The summed E-state index contributed by atoms with van der Waals surface area (Å²) in [5.41, 5.74) is 0. The molecule has 0 saturated heterocycles. The maximum absolute atomic E-state index is 5.99. The number of tetrazole rings is 1. The summed E-state index contributed by atoms with van der Waals surface area (Å²) in [4.78, 5) is 8.68. The lowest BCUT2D eigenvalue weighted by Gasteiger charge is -2.11. The smallest absolute Gasteiger partial charge is 0.196 e. The van der Waals surface area contributed by atoms with Crippen molar-refractivity contribution in [2.75, 3.05) is 5.32 Å². The van der Waals surface area contributed by atoms with Crippen molar-refractivity contribution in [3.8, 4) is 0 Å². The molecular formula is C10H12ClN7. The van der Waals surface area contributed by atoms with E-state index in [1.807, 2.05) is 6.92 Å². The predicted molar refractivity (Wildman–Crippen MR) is 65.2 cm³/mol. The van der Waals surface area contributed by atoms with Gasteiger partial charge in [0.1, 0.15) is 16.8 Å². The Balaban J connectivity index is 1.79. The maximum Gasteiger partial charge on any atom is 0.196 e. The van der Waals surface area contributed by atoms with E-state index in [4.69, 9.17) is 11.6 Å². The van der Waals surface area contributed by atoms with Crippen LogP contribution < -0.4 is 5.32 Å². The van der Waals surface area contributed by atoms with E-state index in [1.54, 1.807) is 6.07 Å². The summed E-state index contributed by atoms with van der Waals surface area (Å²) in [5.74, 6) is 2.54. The van der Waals surface area contributed by atoms with Gasteiger partial charge in [0.2, 0.25) is 0 Å². The van der Waals surface area contributed by atoms with Crippen molar-refractivity contribution in [3.05, 3.63) is 22.9 Å². The molecule has 0 radical (unpaired) electrons. The third-order valence-corrected chi connectivity index (χ3v) is 2.96. The third kappa shape index (κ3) is 2.40. The molecule has 1 aliphatic rings. The molecule has 0 aliphatic heterocycles. The van der Waals surface area contributed by atoms with Crippen molar-refractivity contribution >= 4 is 17.4 Å². The zero-order valence-corrected chi connectivity index (χ0v) is 10.5. The molecule has 2 aromatic heterocycles. The highest BCUT2D eigenvalue weighted by atomic mass is 35.5. The van der Waals surface area contributed by atoms with Gasteiger partial charge in [-0.3, -0.25) is 0 Å². The summed E-state index contributed by atoms with van der Waals surface area (Å²) >= 11 is 5.99. The van der Waals surface area contributed by atoms with Crippen LogP contribution in [0.2, 0.25) is 5.15 Å². The molecule has 1 saturated carbocycles. The van der Waals surface area contributed by atoms with Crippen molar-refractivity contribution in [2.24, 2.45) is 0 Å². The molecule has 7 nitrogen and oxygen atoms in total. The van der Waals surface area contributed by atoms with Gasteiger partial charge in [0.15, 0.2) is 5.82 Å². The van der Waals surface area contributed by atoms with Gasteiger partial charge in [-0.1, -0.05) is 16.8 Å². The van der Waals surface area contributed by atoms with Gasteiger partial charge >= 0.3 is 0 Å². The van der Waals surface area contributed by atoms with Gasteiger partial charge in [0.05, 0.1) is 6.04 Å². The van der Waals surface area contributed by atoms with E-state index < -0.39 is 0 Å². The summed E-state index contributed by atoms with van der Waals surface area (Å²) in [6, 6.07) is 1.60. The number of halogens is 1. The first kappa shape index (κ1) is 11.3. The molecule has 1 atom stereocenters. The van der Waals surface area contributed by atoms with Crippen LogP contribution in [0.4, 0.5) is 5.82 Å². The summed E-state index contributed by atoms with van der Waals surface area (Å²) in [6.45, 7) is 1.93. The van der Waals surface area contributed by atoms with Crippen molar-refractivity contribution in [3.63, 3.8) is 0 Å². The van der Waals surface area contributed by atoms with Crippen molar-refractivity contribution < 1.29 is 0 Å². The van der Waals surface area contributed by atoms with Crippen LogP contribution in [-0.4, -0.2) is 30.6 Å². The molecule has 2 N–H and O–H groups in total. The first-order valence-corrected chi connectivity index (χ1v) is 6.14. The second-order valence-electron chi connectivity index (χ2n) is 4.34. The summed E-state index contributed by atoms with van der Waals surface area (Å²) in [6.07, 6.45) is 2.28. The zero-order chi connectivity index (χ0) is 12.5. The molecule has 0 amide bonds. The van der Waals surface area contributed by atoms with Crippen LogP contribution in [0.15, 0.2) is 6.07 Å². The SMILES string of the molecule is CC(Nc1cc(Cl)nc(C2CC2)n1)c1nn[nH]n1. The van der Waals surface area contributed by atoms with E-state index >= 15 is 0 Å². The number of nitrogens with one attached hydrogen (secondary N) is 2. The Labute approximate surface area is 108 Å². The van der Waals surface area contributed by atoms with Crippen molar-refractivity contribution in [2.45, 2.75) is 31.7 Å². The third-order valence-electron chi connectivity index (χ3n) is 2.77. The minimum absolute atomic E-state index is 0.0956. The lowest BCUT2D eigenvalue weighted by Crippen LogP contribution is -2.11. The Bertz CT molecular complexity index is 537. The number of anilines is 1. The van der Waals surface area contributed by atoms with Crippen LogP contribution in [0, 0.1) is 0 Å². The first-order valence-electron chi connectivity index (χ1n) is 5.77. The fourth-order valence-electron chi connectivity index (χ4n) is 1.67. The van der Waals surface area contributed by atoms with Crippen molar-refractivity contribution in [1.29, 1.82) is 0 Å². The topological polar surface area (TPSA) is 92.3 Å². The maximum atomic E-state index is 5.99. The minimum atomic E-state index is -0.0956. The molecule has 2 aromatic rings. The molecule has 1 fully saturated rings. The largest absolute Gasteiger partial charge is 0.360 e. The van der Waals surface area contributed by atoms with Gasteiger partial charge in [-0.15, -0.1) is 10.2 Å². The molecule has 8 heteroatoms. The number of rotatable bonds is 4. The minimum Gasteiger partial charge on any atom is -0.360 e. The van der Waals surface area contributed by atoms with Gasteiger partial charge in [-0.2, -0.15) is 5.21 Å². The molecule has 94 valence electrons. The normalized spacial score (nSPS) is 16.6. The number of nitrogens with zero attached hydrogens (tertiary/aromatic N) is 5. The van der Waals surface area contributed by atoms with Crippen LogP contribution in [-0.2, 0) is 0 Å². The van der Waals surface area contributed by atoms with Crippen LogP contribution in [0.3, 0.4) is 0 Å². The van der Waals surface area contributed by atoms with E-state index in [0.29, 0.717) is 22.7 Å². The van der Waals surface area contributed by atoms with Gasteiger partial charge in [0.25, 0.3) is 0 Å². The predicted octanol–water partition coefficient (Wildman–Crippen LogP) is 1.69. The van der Waals surface area contributed by atoms with E-state index in [1.165, 1.54) is 0 Å². The number of aromatic amines is 1. The Kier molecular flexibility index (Phi) is 2.83. The molecule has 3 rings (SSSR count). The average molecular weight is 266 g/mol. The number of aromatic nitrogens is 6. The molecule has 0 bridgehead atoms. The van der Waals surface area contributed by atoms with E-state index in [2.05, 4.69) is 35.9 Å². The Hall–Kier alpha value is -1.76. The molecule has 2 heterocycles. The number of hydrogen-bond donors (Lipinski definition) is 2. The summed E-state index contributed by atoms with van der Waals surface area (Å²) in [7, 11) is 0. The van der Waals surface area contributed by atoms with E-state index in [0.717, 1.165) is 18.7 Å². The first-order chi connectivity index (χ1) is 8.72. The second kappa shape index (κ2) is 4.49.